The van der Waals surface area contributed by atoms with E-state index in [2.05, 4.69) is 34.7 Å². The van der Waals surface area contributed by atoms with Crippen LogP contribution in [-0.4, -0.2) is 25.3 Å². The average molecular weight is 316 g/mol. The van der Waals surface area contributed by atoms with E-state index >= 15 is 0 Å². The van der Waals surface area contributed by atoms with Crippen LogP contribution in [0, 0.1) is 5.82 Å². The summed E-state index contributed by atoms with van der Waals surface area (Å²) in [6.07, 6.45) is 1.20. The number of alkyl halides is 1. The number of halogens is 2. The maximum atomic E-state index is 13.8. The standard InChI is InChI=1S/C14H19BrFNO/c1-3-11-9-18-10(2)8-17(11)14-6-4-5-13(16)12(14)7-15/h4-6,10-11H,3,7-9H2,1-2H3. The van der Waals surface area contributed by atoms with Crippen LogP contribution in [0.15, 0.2) is 18.2 Å². The Hall–Kier alpha value is -0.610. The topological polar surface area (TPSA) is 12.5 Å². The van der Waals surface area contributed by atoms with Gasteiger partial charge in [0.15, 0.2) is 0 Å². The van der Waals surface area contributed by atoms with Gasteiger partial charge in [-0.25, -0.2) is 4.39 Å². The minimum absolute atomic E-state index is 0.140. The molecular weight excluding hydrogens is 297 g/mol. The summed E-state index contributed by atoms with van der Waals surface area (Å²) in [4.78, 5) is 2.29. The van der Waals surface area contributed by atoms with Crippen molar-refractivity contribution >= 4 is 21.6 Å². The van der Waals surface area contributed by atoms with Crippen molar-refractivity contribution in [3.8, 4) is 0 Å². The van der Waals surface area contributed by atoms with E-state index in [1.165, 1.54) is 6.07 Å². The maximum absolute atomic E-state index is 13.8. The fraction of sp³-hybridized carbons (Fsp3) is 0.571. The molecule has 2 rings (SSSR count). The molecule has 100 valence electrons. The van der Waals surface area contributed by atoms with Gasteiger partial charge in [0.1, 0.15) is 5.82 Å². The zero-order valence-electron chi connectivity index (χ0n) is 10.8. The van der Waals surface area contributed by atoms with Gasteiger partial charge in [-0.15, -0.1) is 0 Å². The first kappa shape index (κ1) is 13.8. The van der Waals surface area contributed by atoms with Crippen LogP contribution in [0.1, 0.15) is 25.8 Å². The lowest BCUT2D eigenvalue weighted by molar-refractivity contribution is 0.0299. The SMILES string of the molecule is CCC1COC(C)CN1c1cccc(F)c1CBr. The monoisotopic (exact) mass is 315 g/mol. The molecule has 1 aromatic rings. The van der Waals surface area contributed by atoms with Gasteiger partial charge in [0.25, 0.3) is 0 Å². The van der Waals surface area contributed by atoms with Gasteiger partial charge in [-0.2, -0.15) is 0 Å². The van der Waals surface area contributed by atoms with Gasteiger partial charge in [0, 0.05) is 23.1 Å². The van der Waals surface area contributed by atoms with Gasteiger partial charge in [-0.1, -0.05) is 28.9 Å². The highest BCUT2D eigenvalue weighted by molar-refractivity contribution is 9.08. The van der Waals surface area contributed by atoms with Crippen LogP contribution in [0.25, 0.3) is 0 Å². The predicted molar refractivity (Wildman–Crippen MR) is 75.9 cm³/mol. The van der Waals surface area contributed by atoms with Crippen LogP contribution in [0.5, 0.6) is 0 Å². The molecule has 1 heterocycles. The Morgan fingerprint density at radius 2 is 2.28 bits per heavy atom. The third kappa shape index (κ3) is 2.69. The molecule has 2 unspecified atom stereocenters. The molecule has 1 aromatic carbocycles. The Bertz CT molecular complexity index is 413. The Morgan fingerprint density at radius 1 is 1.50 bits per heavy atom. The molecule has 2 atom stereocenters. The Kier molecular flexibility index (Phi) is 4.62. The second kappa shape index (κ2) is 6.02. The van der Waals surface area contributed by atoms with Crippen LogP contribution in [0.3, 0.4) is 0 Å². The lowest BCUT2D eigenvalue weighted by atomic mass is 10.1. The first-order chi connectivity index (χ1) is 8.67. The predicted octanol–water partition coefficient (Wildman–Crippen LogP) is 3.72. The van der Waals surface area contributed by atoms with Crippen LogP contribution in [0.4, 0.5) is 10.1 Å². The third-order valence-corrected chi connectivity index (χ3v) is 4.04. The van der Waals surface area contributed by atoms with Crippen molar-refractivity contribution < 1.29 is 9.13 Å². The van der Waals surface area contributed by atoms with E-state index in [1.54, 1.807) is 6.07 Å². The van der Waals surface area contributed by atoms with Crippen LogP contribution < -0.4 is 4.90 Å². The summed E-state index contributed by atoms with van der Waals surface area (Å²) in [6.45, 7) is 5.74. The Labute approximate surface area is 116 Å². The van der Waals surface area contributed by atoms with Crippen molar-refractivity contribution in [1.82, 2.24) is 0 Å². The largest absolute Gasteiger partial charge is 0.375 e. The molecule has 1 fully saturated rings. The lowest BCUT2D eigenvalue weighted by Crippen LogP contribution is -2.49. The smallest absolute Gasteiger partial charge is 0.129 e. The summed E-state index contributed by atoms with van der Waals surface area (Å²) >= 11 is 3.38. The summed E-state index contributed by atoms with van der Waals surface area (Å²) in [6, 6.07) is 5.63. The highest BCUT2D eigenvalue weighted by Crippen LogP contribution is 2.30. The van der Waals surface area contributed by atoms with E-state index in [0.29, 0.717) is 11.4 Å². The summed E-state index contributed by atoms with van der Waals surface area (Å²) < 4.78 is 19.5. The fourth-order valence-corrected chi connectivity index (χ4v) is 2.98. The van der Waals surface area contributed by atoms with Gasteiger partial charge in [0.05, 0.1) is 18.8 Å². The van der Waals surface area contributed by atoms with Gasteiger partial charge in [-0.3, -0.25) is 0 Å². The maximum Gasteiger partial charge on any atom is 0.129 e. The number of anilines is 1. The lowest BCUT2D eigenvalue weighted by Gasteiger charge is -2.40. The number of hydrogen-bond donors (Lipinski definition) is 0. The van der Waals surface area contributed by atoms with Gasteiger partial charge < -0.3 is 9.64 Å². The van der Waals surface area contributed by atoms with Crippen LogP contribution in [0.2, 0.25) is 0 Å². The molecule has 4 heteroatoms. The van der Waals surface area contributed by atoms with Crippen molar-refractivity contribution in [3.63, 3.8) is 0 Å². The first-order valence-corrected chi connectivity index (χ1v) is 7.51. The highest BCUT2D eigenvalue weighted by Gasteiger charge is 2.27. The first-order valence-electron chi connectivity index (χ1n) is 6.39. The molecule has 0 saturated carbocycles. The molecule has 0 radical (unpaired) electrons. The normalized spacial score (nSPS) is 24.3. The summed E-state index contributed by atoms with van der Waals surface area (Å²) in [5.41, 5.74) is 1.74. The number of ether oxygens (including phenoxy) is 1. The summed E-state index contributed by atoms with van der Waals surface area (Å²) in [5, 5.41) is 0.539. The second-order valence-corrected chi connectivity index (χ2v) is 5.29. The van der Waals surface area contributed by atoms with E-state index in [9.17, 15) is 4.39 Å². The number of morpholine rings is 1. The van der Waals surface area contributed by atoms with Gasteiger partial charge >= 0.3 is 0 Å². The Morgan fingerprint density at radius 3 is 2.94 bits per heavy atom. The quantitative estimate of drug-likeness (QED) is 0.788. The van der Waals surface area contributed by atoms with Gasteiger partial charge in [0.2, 0.25) is 0 Å². The second-order valence-electron chi connectivity index (χ2n) is 4.73. The average Bonchev–Trinajstić information content (AvgIpc) is 2.38. The van der Waals surface area contributed by atoms with E-state index in [1.807, 2.05) is 6.07 Å². The minimum Gasteiger partial charge on any atom is -0.375 e. The minimum atomic E-state index is -0.140. The van der Waals surface area contributed by atoms with Crippen molar-refractivity contribution in [2.24, 2.45) is 0 Å². The molecule has 18 heavy (non-hydrogen) atoms. The zero-order chi connectivity index (χ0) is 13.1. The summed E-state index contributed by atoms with van der Waals surface area (Å²) in [5.74, 6) is -0.140. The van der Waals surface area contributed by atoms with Crippen molar-refractivity contribution in [1.29, 1.82) is 0 Å². The van der Waals surface area contributed by atoms with Crippen molar-refractivity contribution in [2.45, 2.75) is 37.7 Å². The molecule has 0 aromatic heterocycles. The van der Waals surface area contributed by atoms with E-state index in [4.69, 9.17) is 4.74 Å². The van der Waals surface area contributed by atoms with Crippen molar-refractivity contribution in [3.05, 3.63) is 29.6 Å². The molecule has 0 bridgehead atoms. The molecule has 0 aliphatic carbocycles. The number of hydrogen-bond acceptors (Lipinski definition) is 2. The third-order valence-electron chi connectivity index (χ3n) is 3.48. The highest BCUT2D eigenvalue weighted by atomic mass is 79.9. The number of rotatable bonds is 3. The number of benzene rings is 1. The summed E-state index contributed by atoms with van der Waals surface area (Å²) in [7, 11) is 0. The van der Waals surface area contributed by atoms with E-state index in [-0.39, 0.29) is 11.9 Å². The van der Waals surface area contributed by atoms with Gasteiger partial charge in [-0.05, 0) is 25.5 Å². The van der Waals surface area contributed by atoms with E-state index < -0.39 is 0 Å². The van der Waals surface area contributed by atoms with Crippen molar-refractivity contribution in [2.75, 3.05) is 18.1 Å². The molecular formula is C14H19BrFNO. The molecule has 0 amide bonds. The Balaban J connectivity index is 2.36. The van der Waals surface area contributed by atoms with Crippen LogP contribution >= 0.6 is 15.9 Å². The molecule has 1 aliphatic heterocycles. The molecule has 1 saturated heterocycles. The van der Waals surface area contributed by atoms with Crippen LogP contribution in [-0.2, 0) is 10.1 Å². The fourth-order valence-electron chi connectivity index (χ4n) is 2.43. The molecule has 1 aliphatic rings. The molecule has 0 spiro atoms. The zero-order valence-corrected chi connectivity index (χ0v) is 12.4. The molecule has 2 nitrogen and oxygen atoms in total. The van der Waals surface area contributed by atoms with E-state index in [0.717, 1.165) is 30.8 Å². The number of nitrogens with zero attached hydrogens (tertiary/aromatic N) is 1. The molecule has 0 N–H and O–H groups in total.